The van der Waals surface area contributed by atoms with Crippen molar-refractivity contribution < 1.29 is 12.8 Å². The van der Waals surface area contributed by atoms with Gasteiger partial charge in [0.2, 0.25) is 10.0 Å². The summed E-state index contributed by atoms with van der Waals surface area (Å²) in [5.74, 6) is -0.620. The number of rotatable bonds is 6. The van der Waals surface area contributed by atoms with Crippen LogP contribution in [-0.4, -0.2) is 19.9 Å². The average Bonchev–Trinajstić information content (AvgIpc) is 2.48. The van der Waals surface area contributed by atoms with Crippen LogP contribution in [-0.2, 0) is 23.0 Å². The number of nitrogens with one attached hydrogen (secondary N) is 1. The maximum Gasteiger partial charge on any atom is 0.241 e. The van der Waals surface area contributed by atoms with E-state index in [4.69, 9.17) is 5.73 Å². The van der Waals surface area contributed by atoms with Gasteiger partial charge in [-0.3, -0.25) is 4.98 Å². The zero-order valence-electron chi connectivity index (χ0n) is 11.3. The Morgan fingerprint density at radius 1 is 1.19 bits per heavy atom. The number of pyridine rings is 1. The van der Waals surface area contributed by atoms with Crippen LogP contribution in [0, 0.1) is 5.82 Å². The number of hydrogen-bond acceptors (Lipinski definition) is 4. The molecular weight excluding hydrogens is 293 g/mol. The molecule has 0 bridgehead atoms. The summed E-state index contributed by atoms with van der Waals surface area (Å²) in [4.78, 5) is 3.98. The van der Waals surface area contributed by atoms with E-state index in [0.29, 0.717) is 6.42 Å². The summed E-state index contributed by atoms with van der Waals surface area (Å²) in [5, 5.41) is 0. The third-order valence-electron chi connectivity index (χ3n) is 2.97. The predicted octanol–water partition coefficient (Wildman–Crippen LogP) is 1.20. The number of nitrogens with two attached hydrogens (primary N) is 1. The molecule has 0 saturated carbocycles. The largest absolute Gasteiger partial charge is 0.326 e. The molecule has 1 aromatic carbocycles. The molecular formula is C14H16FN3O2S. The average molecular weight is 309 g/mol. The van der Waals surface area contributed by atoms with Gasteiger partial charge in [-0.25, -0.2) is 17.5 Å². The van der Waals surface area contributed by atoms with Crippen LogP contribution in [0.3, 0.4) is 0 Å². The molecule has 0 atom stereocenters. The van der Waals surface area contributed by atoms with Gasteiger partial charge in [0.1, 0.15) is 5.82 Å². The molecule has 0 unspecified atom stereocenters. The Hall–Kier alpha value is -1.83. The molecule has 2 rings (SSSR count). The van der Waals surface area contributed by atoms with Crippen LogP contribution < -0.4 is 10.5 Å². The molecule has 1 aromatic heterocycles. The van der Waals surface area contributed by atoms with E-state index in [1.807, 2.05) is 12.1 Å². The smallest absolute Gasteiger partial charge is 0.241 e. The quantitative estimate of drug-likeness (QED) is 0.839. The molecule has 3 N–H and O–H groups in total. The Bertz CT molecular complexity index is 705. The first-order valence-corrected chi connectivity index (χ1v) is 7.90. The van der Waals surface area contributed by atoms with Crippen LogP contribution in [0.2, 0.25) is 0 Å². The van der Waals surface area contributed by atoms with Crippen molar-refractivity contribution in [2.75, 3.05) is 6.54 Å². The summed E-state index contributed by atoms with van der Waals surface area (Å²) in [6, 6.07) is 9.30. The molecule has 0 aliphatic carbocycles. The molecule has 0 saturated heterocycles. The molecule has 0 aliphatic rings. The number of nitrogens with zero attached hydrogens (tertiary/aromatic N) is 1. The first kappa shape index (κ1) is 15.6. The Kier molecular flexibility index (Phi) is 5.00. The molecule has 0 spiro atoms. The van der Waals surface area contributed by atoms with E-state index in [1.54, 1.807) is 12.3 Å². The molecule has 0 aliphatic heterocycles. The second kappa shape index (κ2) is 6.75. The van der Waals surface area contributed by atoms with Crippen molar-refractivity contribution >= 4 is 10.0 Å². The zero-order chi connectivity index (χ0) is 15.3. The third kappa shape index (κ3) is 3.84. The summed E-state index contributed by atoms with van der Waals surface area (Å²) in [7, 11) is -3.79. The molecule has 21 heavy (non-hydrogen) atoms. The highest BCUT2D eigenvalue weighted by Crippen LogP contribution is 2.18. The zero-order valence-corrected chi connectivity index (χ0v) is 12.1. The van der Waals surface area contributed by atoms with Crippen LogP contribution in [0.15, 0.2) is 47.5 Å². The van der Waals surface area contributed by atoms with Crippen LogP contribution in [0.4, 0.5) is 4.39 Å². The van der Waals surface area contributed by atoms with Crippen LogP contribution in [0.5, 0.6) is 0 Å². The minimum atomic E-state index is -3.79. The second-order valence-corrected chi connectivity index (χ2v) is 6.12. The number of sulfonamides is 1. The molecule has 1 heterocycles. The van der Waals surface area contributed by atoms with Gasteiger partial charge >= 0.3 is 0 Å². The summed E-state index contributed by atoms with van der Waals surface area (Å²) in [5.41, 5.74) is 6.19. The maximum absolute atomic E-state index is 13.6. The Labute approximate surface area is 123 Å². The van der Waals surface area contributed by atoms with Gasteiger partial charge in [0.15, 0.2) is 0 Å². The monoisotopic (exact) mass is 309 g/mol. The van der Waals surface area contributed by atoms with Gasteiger partial charge in [-0.1, -0.05) is 12.1 Å². The lowest BCUT2D eigenvalue weighted by Gasteiger charge is -2.11. The molecule has 7 heteroatoms. The van der Waals surface area contributed by atoms with Gasteiger partial charge in [0.05, 0.1) is 4.90 Å². The highest BCUT2D eigenvalue weighted by Gasteiger charge is 2.19. The number of halogens is 1. The Balaban J connectivity index is 2.11. The van der Waals surface area contributed by atoms with Gasteiger partial charge in [0.25, 0.3) is 0 Å². The number of benzene rings is 1. The van der Waals surface area contributed by atoms with Gasteiger partial charge in [-0.05, 0) is 24.3 Å². The minimum Gasteiger partial charge on any atom is -0.326 e. The third-order valence-corrected chi connectivity index (χ3v) is 4.51. The normalized spacial score (nSPS) is 11.5. The van der Waals surface area contributed by atoms with E-state index in [9.17, 15) is 12.8 Å². The van der Waals surface area contributed by atoms with Crippen molar-refractivity contribution in [1.82, 2.24) is 9.71 Å². The summed E-state index contributed by atoms with van der Waals surface area (Å²) in [6.07, 6.45) is 2.09. The Morgan fingerprint density at radius 2 is 2.00 bits per heavy atom. The fraction of sp³-hybridized carbons (Fsp3) is 0.214. The van der Waals surface area contributed by atoms with Gasteiger partial charge in [-0.2, -0.15) is 0 Å². The van der Waals surface area contributed by atoms with Gasteiger partial charge in [0, 0.05) is 37.0 Å². The van der Waals surface area contributed by atoms with Crippen molar-refractivity contribution in [1.29, 1.82) is 0 Å². The lowest BCUT2D eigenvalue weighted by atomic mass is 10.2. The van der Waals surface area contributed by atoms with E-state index in [0.717, 1.165) is 5.69 Å². The van der Waals surface area contributed by atoms with Crippen molar-refractivity contribution in [3.63, 3.8) is 0 Å². The van der Waals surface area contributed by atoms with E-state index in [1.165, 1.54) is 18.2 Å². The topological polar surface area (TPSA) is 85.1 Å². The summed E-state index contributed by atoms with van der Waals surface area (Å²) < 4.78 is 40.4. The van der Waals surface area contributed by atoms with E-state index in [-0.39, 0.29) is 23.5 Å². The van der Waals surface area contributed by atoms with Crippen LogP contribution in [0.25, 0.3) is 0 Å². The highest BCUT2D eigenvalue weighted by molar-refractivity contribution is 7.89. The van der Waals surface area contributed by atoms with Crippen molar-refractivity contribution in [3.8, 4) is 0 Å². The number of hydrogen-bond donors (Lipinski definition) is 2. The molecule has 0 radical (unpaired) electrons. The number of aromatic nitrogens is 1. The highest BCUT2D eigenvalue weighted by atomic mass is 32.2. The molecule has 0 fully saturated rings. The fourth-order valence-corrected chi connectivity index (χ4v) is 3.22. The SMILES string of the molecule is NCc1c(F)cccc1S(=O)(=O)NCCc1ccccn1. The first-order chi connectivity index (χ1) is 10.0. The summed E-state index contributed by atoms with van der Waals surface area (Å²) >= 11 is 0. The van der Waals surface area contributed by atoms with Crippen molar-refractivity contribution in [3.05, 3.63) is 59.7 Å². The molecule has 112 valence electrons. The molecule has 0 amide bonds. The van der Waals surface area contributed by atoms with Gasteiger partial charge < -0.3 is 5.73 Å². The molecule has 5 nitrogen and oxygen atoms in total. The predicted molar refractivity (Wildman–Crippen MR) is 77.4 cm³/mol. The second-order valence-electron chi connectivity index (χ2n) is 4.39. The van der Waals surface area contributed by atoms with E-state index in [2.05, 4.69) is 9.71 Å². The van der Waals surface area contributed by atoms with Crippen molar-refractivity contribution in [2.45, 2.75) is 17.9 Å². The minimum absolute atomic E-state index is 0.0113. The van der Waals surface area contributed by atoms with Gasteiger partial charge in [-0.15, -0.1) is 0 Å². The van der Waals surface area contributed by atoms with Crippen LogP contribution >= 0.6 is 0 Å². The maximum atomic E-state index is 13.6. The molecule has 2 aromatic rings. The standard InChI is InChI=1S/C14H16FN3O2S/c15-13-5-3-6-14(12(13)10-16)21(19,20)18-9-7-11-4-1-2-8-17-11/h1-6,8,18H,7,9-10,16H2. The lowest BCUT2D eigenvalue weighted by Crippen LogP contribution is -2.27. The first-order valence-electron chi connectivity index (χ1n) is 6.41. The van der Waals surface area contributed by atoms with Crippen molar-refractivity contribution in [2.24, 2.45) is 5.73 Å². The Morgan fingerprint density at radius 3 is 2.67 bits per heavy atom. The fourth-order valence-electron chi connectivity index (χ4n) is 1.93. The van der Waals surface area contributed by atoms with E-state index >= 15 is 0 Å². The van der Waals surface area contributed by atoms with E-state index < -0.39 is 15.8 Å². The summed E-state index contributed by atoms with van der Waals surface area (Å²) in [6.45, 7) is 0.00300. The van der Waals surface area contributed by atoms with Crippen LogP contribution in [0.1, 0.15) is 11.3 Å². The lowest BCUT2D eigenvalue weighted by molar-refractivity contribution is 0.571.